The second-order valence-corrected chi connectivity index (χ2v) is 5.54. The Morgan fingerprint density at radius 1 is 1.21 bits per heavy atom. The van der Waals surface area contributed by atoms with E-state index in [1.54, 1.807) is 32.2 Å². The highest BCUT2D eigenvalue weighted by Gasteiger charge is 2.15. The van der Waals surface area contributed by atoms with E-state index in [9.17, 15) is 4.79 Å². The number of amides is 1. The molecule has 1 amide bonds. The molecule has 0 radical (unpaired) electrons. The zero-order chi connectivity index (χ0) is 17.5. The van der Waals surface area contributed by atoms with Gasteiger partial charge >= 0.3 is 0 Å². The lowest BCUT2D eigenvalue weighted by Crippen LogP contribution is -2.32. The summed E-state index contributed by atoms with van der Waals surface area (Å²) >= 11 is 6.10. The molecule has 24 heavy (non-hydrogen) atoms. The Morgan fingerprint density at radius 2 is 1.96 bits per heavy atom. The maximum absolute atomic E-state index is 12.4. The Morgan fingerprint density at radius 3 is 2.62 bits per heavy atom. The smallest absolute Gasteiger partial charge is 0.246 e. The average molecular weight is 349 g/mol. The predicted octanol–water partition coefficient (Wildman–Crippen LogP) is 4.19. The van der Waals surface area contributed by atoms with Gasteiger partial charge in [0.05, 0.1) is 24.4 Å². The zero-order valence-corrected chi connectivity index (χ0v) is 14.7. The normalized spacial score (nSPS) is 11.5. The van der Waals surface area contributed by atoms with E-state index in [1.807, 2.05) is 31.2 Å². The molecule has 0 aromatic heterocycles. The van der Waals surface area contributed by atoms with Crippen LogP contribution in [0, 0.1) is 0 Å². The number of anilines is 2. The maximum atomic E-state index is 12.4. The van der Waals surface area contributed by atoms with Crippen molar-refractivity contribution in [2.45, 2.75) is 19.9 Å². The molecule has 0 fully saturated rings. The van der Waals surface area contributed by atoms with E-state index < -0.39 is 6.04 Å². The maximum Gasteiger partial charge on any atom is 0.246 e. The third kappa shape index (κ3) is 4.55. The lowest BCUT2D eigenvalue weighted by molar-refractivity contribution is -0.116. The molecule has 0 heterocycles. The topological polar surface area (TPSA) is 59.6 Å². The highest BCUT2D eigenvalue weighted by molar-refractivity contribution is 6.32. The van der Waals surface area contributed by atoms with E-state index >= 15 is 0 Å². The number of ether oxygens (including phenoxy) is 2. The van der Waals surface area contributed by atoms with Crippen LogP contribution in [0.25, 0.3) is 0 Å². The number of methoxy groups -OCH3 is 1. The summed E-state index contributed by atoms with van der Waals surface area (Å²) in [4.78, 5) is 12.4. The van der Waals surface area contributed by atoms with Crippen LogP contribution >= 0.6 is 11.6 Å². The van der Waals surface area contributed by atoms with Crippen LogP contribution in [-0.4, -0.2) is 25.7 Å². The number of nitrogens with one attached hydrogen (secondary N) is 2. The fourth-order valence-electron chi connectivity index (χ4n) is 2.16. The molecule has 0 aliphatic carbocycles. The zero-order valence-electron chi connectivity index (χ0n) is 13.9. The van der Waals surface area contributed by atoms with Crippen LogP contribution in [0.1, 0.15) is 13.8 Å². The van der Waals surface area contributed by atoms with Gasteiger partial charge in [0.15, 0.2) is 0 Å². The van der Waals surface area contributed by atoms with Crippen LogP contribution in [0.15, 0.2) is 42.5 Å². The van der Waals surface area contributed by atoms with Gasteiger partial charge in [-0.2, -0.15) is 0 Å². The molecule has 2 N–H and O–H groups in total. The number of rotatable bonds is 7. The van der Waals surface area contributed by atoms with Gasteiger partial charge < -0.3 is 20.1 Å². The molecule has 2 aromatic rings. The van der Waals surface area contributed by atoms with Crippen molar-refractivity contribution in [1.29, 1.82) is 0 Å². The molecule has 2 rings (SSSR count). The number of hydrogen-bond donors (Lipinski definition) is 2. The first-order valence-electron chi connectivity index (χ1n) is 7.68. The van der Waals surface area contributed by atoms with Gasteiger partial charge in [-0.25, -0.2) is 0 Å². The summed E-state index contributed by atoms with van der Waals surface area (Å²) in [5.74, 6) is 1.06. The first kappa shape index (κ1) is 17.9. The molecular weight excluding hydrogens is 328 g/mol. The Bertz CT molecular complexity index is 706. The van der Waals surface area contributed by atoms with Gasteiger partial charge in [-0.3, -0.25) is 4.79 Å². The van der Waals surface area contributed by atoms with E-state index in [2.05, 4.69) is 10.6 Å². The first-order valence-corrected chi connectivity index (χ1v) is 8.05. The number of hydrogen-bond acceptors (Lipinski definition) is 4. The van der Waals surface area contributed by atoms with E-state index in [0.717, 1.165) is 5.69 Å². The summed E-state index contributed by atoms with van der Waals surface area (Å²) in [6.07, 6.45) is 0. The minimum Gasteiger partial charge on any atom is -0.495 e. The highest BCUT2D eigenvalue weighted by atomic mass is 35.5. The highest BCUT2D eigenvalue weighted by Crippen LogP contribution is 2.28. The molecule has 1 atom stereocenters. The molecule has 0 bridgehead atoms. The summed E-state index contributed by atoms with van der Waals surface area (Å²) in [5, 5.41) is 6.46. The average Bonchev–Trinajstić information content (AvgIpc) is 2.57. The van der Waals surface area contributed by atoms with Gasteiger partial charge in [-0.05, 0) is 44.2 Å². The van der Waals surface area contributed by atoms with Crippen molar-refractivity contribution in [2.24, 2.45) is 0 Å². The molecule has 1 unspecified atom stereocenters. The van der Waals surface area contributed by atoms with Crippen LogP contribution in [0.2, 0.25) is 5.02 Å². The monoisotopic (exact) mass is 348 g/mol. The molecule has 0 aliphatic rings. The van der Waals surface area contributed by atoms with E-state index in [4.69, 9.17) is 21.1 Å². The standard InChI is InChI=1S/C18H21ClN2O3/c1-4-24-17-8-6-5-7-15(17)21-18(22)12(2)20-13-9-10-16(23-3)14(19)11-13/h5-12,20H,4H2,1-3H3,(H,21,22). The molecule has 0 saturated heterocycles. The summed E-state index contributed by atoms with van der Waals surface area (Å²) < 4.78 is 10.6. The molecule has 0 saturated carbocycles. The van der Waals surface area contributed by atoms with Gasteiger partial charge in [-0.1, -0.05) is 23.7 Å². The third-order valence-electron chi connectivity index (χ3n) is 3.37. The number of halogens is 1. The fraction of sp³-hybridized carbons (Fsp3) is 0.278. The van der Waals surface area contributed by atoms with Gasteiger partial charge in [-0.15, -0.1) is 0 Å². The van der Waals surface area contributed by atoms with Crippen molar-refractivity contribution >= 4 is 28.9 Å². The minimum atomic E-state index is -0.454. The fourth-order valence-corrected chi connectivity index (χ4v) is 2.42. The molecule has 6 heteroatoms. The van der Waals surface area contributed by atoms with Crippen LogP contribution in [0.3, 0.4) is 0 Å². The van der Waals surface area contributed by atoms with Gasteiger partial charge in [0.1, 0.15) is 17.5 Å². The molecule has 5 nitrogen and oxygen atoms in total. The van der Waals surface area contributed by atoms with Gasteiger partial charge in [0.25, 0.3) is 0 Å². The second kappa shape index (κ2) is 8.45. The van der Waals surface area contributed by atoms with E-state index in [0.29, 0.717) is 28.8 Å². The Hall–Kier alpha value is -2.40. The lowest BCUT2D eigenvalue weighted by Gasteiger charge is -2.17. The van der Waals surface area contributed by atoms with Crippen molar-refractivity contribution in [1.82, 2.24) is 0 Å². The Kier molecular flexibility index (Phi) is 6.32. The molecule has 0 spiro atoms. The predicted molar refractivity (Wildman–Crippen MR) is 97.3 cm³/mol. The quantitative estimate of drug-likeness (QED) is 0.787. The Balaban J connectivity index is 2.03. The minimum absolute atomic E-state index is 0.172. The van der Waals surface area contributed by atoms with E-state index in [1.165, 1.54) is 0 Å². The largest absolute Gasteiger partial charge is 0.495 e. The summed E-state index contributed by atoms with van der Waals surface area (Å²) in [6.45, 7) is 4.21. The van der Waals surface area contributed by atoms with Gasteiger partial charge in [0.2, 0.25) is 5.91 Å². The first-order chi connectivity index (χ1) is 11.5. The number of para-hydroxylation sites is 2. The van der Waals surface area contributed by atoms with Crippen molar-refractivity contribution < 1.29 is 14.3 Å². The summed E-state index contributed by atoms with van der Waals surface area (Å²) in [5.41, 5.74) is 1.38. The molecule has 128 valence electrons. The van der Waals surface area contributed by atoms with Crippen molar-refractivity contribution in [3.8, 4) is 11.5 Å². The SMILES string of the molecule is CCOc1ccccc1NC(=O)C(C)Nc1ccc(OC)c(Cl)c1. The van der Waals surface area contributed by atoms with Gasteiger partial charge in [0, 0.05) is 5.69 Å². The lowest BCUT2D eigenvalue weighted by atomic mass is 10.2. The van der Waals surface area contributed by atoms with Crippen LogP contribution in [-0.2, 0) is 4.79 Å². The van der Waals surface area contributed by atoms with Crippen molar-refractivity contribution in [3.05, 3.63) is 47.5 Å². The summed E-state index contributed by atoms with van der Waals surface area (Å²) in [7, 11) is 1.56. The number of carbonyl (C=O) groups excluding carboxylic acids is 1. The third-order valence-corrected chi connectivity index (χ3v) is 3.67. The van der Waals surface area contributed by atoms with E-state index in [-0.39, 0.29) is 5.91 Å². The van der Waals surface area contributed by atoms with Crippen molar-refractivity contribution in [2.75, 3.05) is 24.4 Å². The second-order valence-electron chi connectivity index (χ2n) is 5.13. The van der Waals surface area contributed by atoms with Crippen LogP contribution in [0.5, 0.6) is 11.5 Å². The van der Waals surface area contributed by atoms with Crippen molar-refractivity contribution in [3.63, 3.8) is 0 Å². The molecule has 2 aromatic carbocycles. The van der Waals surface area contributed by atoms with Crippen LogP contribution in [0.4, 0.5) is 11.4 Å². The number of benzene rings is 2. The Labute approximate surface area is 146 Å². The number of carbonyl (C=O) groups is 1. The molecular formula is C18H21ClN2O3. The summed E-state index contributed by atoms with van der Waals surface area (Å²) in [6, 6.07) is 12.2. The van der Waals surface area contributed by atoms with Crippen LogP contribution < -0.4 is 20.1 Å². The molecule has 0 aliphatic heterocycles.